The molecule has 17 heavy (non-hydrogen) atoms. The molecule has 0 aliphatic heterocycles. The van der Waals surface area contributed by atoms with Crippen LogP contribution in [0.2, 0.25) is 0 Å². The van der Waals surface area contributed by atoms with Crippen molar-refractivity contribution in [2.45, 2.75) is 26.4 Å². The molecule has 0 aliphatic rings. The van der Waals surface area contributed by atoms with Crippen LogP contribution in [0.15, 0.2) is 28.3 Å². The van der Waals surface area contributed by atoms with Gasteiger partial charge in [-0.25, -0.2) is 4.98 Å². The molecule has 5 heteroatoms. The Labute approximate surface area is 113 Å². The highest BCUT2D eigenvalue weighted by atomic mass is 79.9. The van der Waals surface area contributed by atoms with Crippen LogP contribution in [-0.4, -0.2) is 9.97 Å². The molecule has 2 aromatic heterocycles. The molecule has 1 unspecified atom stereocenters. The maximum absolute atomic E-state index is 4.47. The van der Waals surface area contributed by atoms with E-state index in [4.69, 9.17) is 0 Å². The topological polar surface area (TPSA) is 37.8 Å². The van der Waals surface area contributed by atoms with Crippen LogP contribution in [0.5, 0.6) is 0 Å². The number of halogens is 1. The van der Waals surface area contributed by atoms with Crippen LogP contribution in [0, 0.1) is 6.92 Å². The summed E-state index contributed by atoms with van der Waals surface area (Å²) in [7, 11) is 0. The van der Waals surface area contributed by atoms with Gasteiger partial charge in [0, 0.05) is 34.5 Å². The van der Waals surface area contributed by atoms with Gasteiger partial charge in [0.25, 0.3) is 0 Å². The molecule has 0 spiro atoms. The van der Waals surface area contributed by atoms with Gasteiger partial charge in [0.05, 0.1) is 6.04 Å². The Morgan fingerprint density at radius 3 is 2.94 bits per heavy atom. The van der Waals surface area contributed by atoms with Gasteiger partial charge in [-0.05, 0) is 41.4 Å². The van der Waals surface area contributed by atoms with Gasteiger partial charge in [0.15, 0.2) is 0 Å². The first kappa shape index (κ1) is 12.7. The molecule has 1 N–H and O–H groups in total. The molecule has 3 nitrogen and oxygen atoms in total. The van der Waals surface area contributed by atoms with E-state index in [0.717, 1.165) is 21.7 Å². The Balaban J connectivity index is 1.94. The molecule has 0 amide bonds. The average Bonchev–Trinajstić information content (AvgIpc) is 2.73. The molecule has 0 saturated carbocycles. The fraction of sp³-hybridized carbons (Fsp3) is 0.333. The van der Waals surface area contributed by atoms with Crippen molar-refractivity contribution in [1.29, 1.82) is 0 Å². The van der Waals surface area contributed by atoms with Crippen molar-refractivity contribution < 1.29 is 0 Å². The summed E-state index contributed by atoms with van der Waals surface area (Å²) in [5, 5.41) is 6.65. The van der Waals surface area contributed by atoms with Gasteiger partial charge >= 0.3 is 0 Å². The number of thiazole rings is 1. The van der Waals surface area contributed by atoms with Gasteiger partial charge in [-0.2, -0.15) is 0 Å². The zero-order chi connectivity index (χ0) is 12.3. The standard InChI is InChI=1S/C12H14BrN3S/c1-8-7-17-12(16-8)9(2)15-5-10-3-11(13)6-14-4-10/h3-4,6-7,9,15H,5H2,1-2H3. The third kappa shape index (κ3) is 3.59. The molecule has 0 radical (unpaired) electrons. The van der Waals surface area contributed by atoms with Crippen LogP contribution in [0.25, 0.3) is 0 Å². The van der Waals surface area contributed by atoms with Crippen molar-refractivity contribution in [2.75, 3.05) is 0 Å². The van der Waals surface area contributed by atoms with E-state index in [0.29, 0.717) is 0 Å². The van der Waals surface area contributed by atoms with Crippen LogP contribution >= 0.6 is 27.3 Å². The van der Waals surface area contributed by atoms with Crippen molar-refractivity contribution in [3.63, 3.8) is 0 Å². The maximum Gasteiger partial charge on any atom is 0.110 e. The average molecular weight is 312 g/mol. The summed E-state index contributed by atoms with van der Waals surface area (Å²) in [4.78, 5) is 8.61. The summed E-state index contributed by atoms with van der Waals surface area (Å²) in [6.45, 7) is 4.95. The zero-order valence-corrected chi connectivity index (χ0v) is 12.2. The lowest BCUT2D eigenvalue weighted by Gasteiger charge is -2.10. The van der Waals surface area contributed by atoms with E-state index in [9.17, 15) is 0 Å². The van der Waals surface area contributed by atoms with E-state index >= 15 is 0 Å². The number of aryl methyl sites for hydroxylation is 1. The summed E-state index contributed by atoms with van der Waals surface area (Å²) in [5.74, 6) is 0. The highest BCUT2D eigenvalue weighted by Gasteiger charge is 2.08. The van der Waals surface area contributed by atoms with Crippen molar-refractivity contribution in [3.8, 4) is 0 Å². The smallest absolute Gasteiger partial charge is 0.110 e. The van der Waals surface area contributed by atoms with E-state index in [1.807, 2.05) is 13.1 Å². The largest absolute Gasteiger partial charge is 0.304 e. The first-order chi connectivity index (χ1) is 8.15. The summed E-state index contributed by atoms with van der Waals surface area (Å²) in [6, 6.07) is 2.34. The quantitative estimate of drug-likeness (QED) is 0.939. The minimum Gasteiger partial charge on any atom is -0.304 e. The number of rotatable bonds is 4. The minimum absolute atomic E-state index is 0.271. The number of hydrogen-bond donors (Lipinski definition) is 1. The van der Waals surface area contributed by atoms with Crippen LogP contribution < -0.4 is 5.32 Å². The normalized spacial score (nSPS) is 12.6. The number of hydrogen-bond acceptors (Lipinski definition) is 4. The molecular weight excluding hydrogens is 298 g/mol. The number of nitrogens with zero attached hydrogens (tertiary/aromatic N) is 2. The number of pyridine rings is 1. The maximum atomic E-state index is 4.47. The second-order valence-corrected chi connectivity index (χ2v) is 5.75. The van der Waals surface area contributed by atoms with Crippen LogP contribution in [-0.2, 0) is 6.54 Å². The van der Waals surface area contributed by atoms with E-state index < -0.39 is 0 Å². The molecular formula is C12H14BrN3S. The third-order valence-corrected chi connectivity index (χ3v) is 3.96. The Hall–Kier alpha value is -0.780. The van der Waals surface area contributed by atoms with Gasteiger partial charge in [-0.3, -0.25) is 4.98 Å². The molecule has 2 rings (SSSR count). The summed E-state index contributed by atoms with van der Waals surface area (Å²) >= 11 is 5.11. The lowest BCUT2D eigenvalue weighted by Crippen LogP contribution is -2.18. The Morgan fingerprint density at radius 2 is 2.29 bits per heavy atom. The predicted octanol–water partition coefficient (Wildman–Crippen LogP) is 3.46. The van der Waals surface area contributed by atoms with Gasteiger partial charge < -0.3 is 5.32 Å². The minimum atomic E-state index is 0.271. The van der Waals surface area contributed by atoms with Gasteiger partial charge in [-0.1, -0.05) is 0 Å². The molecule has 0 aliphatic carbocycles. The first-order valence-corrected chi connectivity index (χ1v) is 7.07. The fourth-order valence-corrected chi connectivity index (χ4v) is 2.72. The zero-order valence-electron chi connectivity index (χ0n) is 9.77. The molecule has 2 aromatic rings. The highest BCUT2D eigenvalue weighted by Crippen LogP contribution is 2.18. The van der Waals surface area contributed by atoms with Crippen LogP contribution in [0.4, 0.5) is 0 Å². The van der Waals surface area contributed by atoms with Gasteiger partial charge in [-0.15, -0.1) is 11.3 Å². The van der Waals surface area contributed by atoms with E-state index in [-0.39, 0.29) is 6.04 Å². The lowest BCUT2D eigenvalue weighted by atomic mass is 10.2. The number of nitrogens with one attached hydrogen (secondary N) is 1. The SMILES string of the molecule is Cc1csc(C(C)NCc2cncc(Br)c2)n1. The van der Waals surface area contributed by atoms with Gasteiger partial charge in [0.2, 0.25) is 0 Å². The number of aromatic nitrogens is 2. The van der Waals surface area contributed by atoms with Crippen molar-refractivity contribution in [2.24, 2.45) is 0 Å². The fourth-order valence-electron chi connectivity index (χ4n) is 1.48. The molecule has 0 saturated heterocycles. The van der Waals surface area contributed by atoms with Crippen LogP contribution in [0.1, 0.15) is 29.2 Å². The summed E-state index contributed by atoms with van der Waals surface area (Å²) in [5.41, 5.74) is 2.25. The summed E-state index contributed by atoms with van der Waals surface area (Å²) < 4.78 is 1.01. The molecule has 0 bridgehead atoms. The predicted molar refractivity (Wildman–Crippen MR) is 74.0 cm³/mol. The van der Waals surface area contributed by atoms with Crippen molar-refractivity contribution in [3.05, 3.63) is 44.6 Å². The lowest BCUT2D eigenvalue weighted by molar-refractivity contribution is 0.570. The first-order valence-electron chi connectivity index (χ1n) is 5.40. The molecule has 2 heterocycles. The molecule has 0 fully saturated rings. The highest BCUT2D eigenvalue weighted by molar-refractivity contribution is 9.10. The van der Waals surface area contributed by atoms with Crippen molar-refractivity contribution in [1.82, 2.24) is 15.3 Å². The molecule has 1 atom stereocenters. The molecule has 90 valence electrons. The Kier molecular flexibility index (Phi) is 4.25. The van der Waals surface area contributed by atoms with Crippen LogP contribution in [0.3, 0.4) is 0 Å². The second kappa shape index (κ2) is 5.71. The summed E-state index contributed by atoms with van der Waals surface area (Å²) in [6.07, 6.45) is 3.66. The van der Waals surface area contributed by atoms with Crippen molar-refractivity contribution >= 4 is 27.3 Å². The Morgan fingerprint density at radius 1 is 1.47 bits per heavy atom. The van der Waals surface area contributed by atoms with E-state index in [2.05, 4.69) is 49.6 Å². The third-order valence-electron chi connectivity index (χ3n) is 2.38. The van der Waals surface area contributed by atoms with E-state index in [1.54, 1.807) is 17.5 Å². The Bertz CT molecular complexity index is 498. The van der Waals surface area contributed by atoms with E-state index in [1.165, 1.54) is 5.56 Å². The molecule has 0 aromatic carbocycles. The second-order valence-electron chi connectivity index (χ2n) is 3.94. The monoisotopic (exact) mass is 311 g/mol. The van der Waals surface area contributed by atoms with Gasteiger partial charge in [0.1, 0.15) is 5.01 Å².